The van der Waals surface area contributed by atoms with Crippen LogP contribution >= 0.6 is 0 Å². The molecule has 0 saturated carbocycles. The Labute approximate surface area is 203 Å². The van der Waals surface area contributed by atoms with E-state index in [-0.39, 0.29) is 5.91 Å². The number of nitrogens with zero attached hydrogens (tertiary/aromatic N) is 3. The van der Waals surface area contributed by atoms with Crippen molar-refractivity contribution in [3.63, 3.8) is 0 Å². The molecule has 3 N–H and O–H groups in total. The molecule has 1 aliphatic rings. The number of urea groups is 1. The number of aldehydes is 1. The summed E-state index contributed by atoms with van der Waals surface area (Å²) in [6.07, 6.45) is 5.55. The van der Waals surface area contributed by atoms with Gasteiger partial charge in [0, 0.05) is 43.7 Å². The van der Waals surface area contributed by atoms with E-state index in [2.05, 4.69) is 37.7 Å². The maximum atomic E-state index is 11.8. The fourth-order valence-corrected chi connectivity index (χ4v) is 3.31. The lowest BCUT2D eigenvalue weighted by Gasteiger charge is -2.10. The molecule has 3 heterocycles. The second-order valence-electron chi connectivity index (χ2n) is 7.34. The molecule has 10 heteroatoms. The van der Waals surface area contributed by atoms with E-state index in [1.807, 2.05) is 30.0 Å². The molecule has 0 bridgehead atoms. The third kappa shape index (κ3) is 6.23. The van der Waals surface area contributed by atoms with Gasteiger partial charge in [0.25, 0.3) is 5.91 Å². The number of carbonyl (C=O) groups excluding carboxylic acids is 3. The monoisotopic (exact) mass is 474 g/mol. The van der Waals surface area contributed by atoms with Crippen molar-refractivity contribution in [2.24, 2.45) is 0 Å². The van der Waals surface area contributed by atoms with Gasteiger partial charge in [-0.2, -0.15) is 5.10 Å². The molecule has 3 aromatic rings. The van der Waals surface area contributed by atoms with Gasteiger partial charge in [0.05, 0.1) is 24.6 Å². The smallest absolute Gasteiger partial charge is 0.315 e. The summed E-state index contributed by atoms with van der Waals surface area (Å²) >= 11 is 0. The average molecular weight is 475 g/mol. The van der Waals surface area contributed by atoms with Crippen LogP contribution in [-0.2, 0) is 11.3 Å². The molecule has 0 saturated heterocycles. The van der Waals surface area contributed by atoms with Gasteiger partial charge in [-0.25, -0.2) is 4.79 Å². The van der Waals surface area contributed by atoms with Crippen LogP contribution in [0.3, 0.4) is 0 Å². The Bertz CT molecular complexity index is 1250. The van der Waals surface area contributed by atoms with Crippen molar-refractivity contribution in [2.75, 3.05) is 20.7 Å². The highest BCUT2D eigenvalue weighted by Gasteiger charge is 2.26. The van der Waals surface area contributed by atoms with E-state index in [4.69, 9.17) is 4.74 Å². The lowest BCUT2D eigenvalue weighted by Crippen LogP contribution is -2.40. The Balaban J connectivity index is 0.000000211. The number of H-pyrrole nitrogens is 1. The second kappa shape index (κ2) is 12.0. The van der Waals surface area contributed by atoms with Crippen molar-refractivity contribution in [1.29, 1.82) is 0 Å². The number of nitrogens with one attached hydrogen (secondary N) is 3. The van der Waals surface area contributed by atoms with Gasteiger partial charge >= 0.3 is 6.03 Å². The van der Waals surface area contributed by atoms with Crippen molar-refractivity contribution in [1.82, 2.24) is 30.7 Å². The third-order valence-electron chi connectivity index (χ3n) is 5.17. The molecule has 3 amide bonds. The number of pyridine rings is 1. The zero-order valence-electron chi connectivity index (χ0n) is 19.7. The van der Waals surface area contributed by atoms with Crippen LogP contribution in [0.5, 0.6) is 5.75 Å². The van der Waals surface area contributed by atoms with E-state index < -0.39 is 12.1 Å². The number of amides is 3. The van der Waals surface area contributed by atoms with Crippen LogP contribution in [0.1, 0.15) is 28.4 Å². The Hall–Kier alpha value is -4.65. The van der Waals surface area contributed by atoms with Gasteiger partial charge in [-0.15, -0.1) is 0 Å². The highest BCUT2D eigenvalue weighted by Crippen LogP contribution is 2.26. The molecule has 4 rings (SSSR count). The molecular weight excluding hydrogens is 448 g/mol. The van der Waals surface area contributed by atoms with Crippen molar-refractivity contribution < 1.29 is 19.1 Å². The summed E-state index contributed by atoms with van der Waals surface area (Å²) in [6.45, 7) is 3.48. The van der Waals surface area contributed by atoms with Gasteiger partial charge in [0.1, 0.15) is 11.8 Å². The average Bonchev–Trinajstić information content (AvgIpc) is 3.55. The third-order valence-corrected chi connectivity index (χ3v) is 5.17. The highest BCUT2D eigenvalue weighted by molar-refractivity contribution is 5.98. The van der Waals surface area contributed by atoms with E-state index in [1.54, 1.807) is 37.8 Å². The first-order valence-corrected chi connectivity index (χ1v) is 10.9. The van der Waals surface area contributed by atoms with Crippen LogP contribution in [-0.4, -0.2) is 65.0 Å². The van der Waals surface area contributed by atoms with Crippen molar-refractivity contribution in [3.8, 4) is 28.8 Å². The predicted molar refractivity (Wildman–Crippen MR) is 130 cm³/mol. The van der Waals surface area contributed by atoms with E-state index in [0.717, 1.165) is 35.5 Å². The molecular formula is C25H26N6O4. The first kappa shape index (κ1) is 25.0. The number of aromatic nitrogens is 3. The number of methoxy groups -OCH3 is 1. The Morgan fingerprint density at radius 3 is 2.86 bits per heavy atom. The van der Waals surface area contributed by atoms with Gasteiger partial charge in [-0.1, -0.05) is 17.9 Å². The molecule has 0 fully saturated rings. The minimum Gasteiger partial charge on any atom is -0.497 e. The van der Waals surface area contributed by atoms with E-state index >= 15 is 0 Å². The molecule has 0 radical (unpaired) electrons. The van der Waals surface area contributed by atoms with Crippen molar-refractivity contribution in [2.45, 2.75) is 19.5 Å². The van der Waals surface area contributed by atoms with Crippen LogP contribution in [0.25, 0.3) is 11.3 Å². The molecule has 1 aromatic carbocycles. The summed E-state index contributed by atoms with van der Waals surface area (Å²) in [5.41, 5.74) is 3.97. The SMILES string of the molecule is CCN1Cc2ccc(OC)cc2C1=O.CNC(=O)NC(C#Cc1cccnc1-c1cn[nH]c1)C=O. The standard InChI is InChI=1S/C14H13N5O2.C11H13NO2/c1-15-14(21)19-12(9-20)5-4-10-3-2-6-16-13(10)11-7-17-18-8-11;1-3-12-7-8-4-5-9(14-2)6-10(8)11(12)13/h2-3,6-9,12H,1H3,(H,17,18)(H2,15,19,21);4-6H,3,7H2,1-2H3. The Morgan fingerprint density at radius 2 is 2.20 bits per heavy atom. The summed E-state index contributed by atoms with van der Waals surface area (Å²) in [5.74, 6) is 6.40. The van der Waals surface area contributed by atoms with Gasteiger partial charge in [-0.3, -0.25) is 19.7 Å². The summed E-state index contributed by atoms with van der Waals surface area (Å²) < 4.78 is 5.09. The lowest BCUT2D eigenvalue weighted by atomic mass is 10.1. The lowest BCUT2D eigenvalue weighted by molar-refractivity contribution is -0.108. The van der Waals surface area contributed by atoms with Gasteiger partial charge in [-0.05, 0) is 36.8 Å². The number of hydrogen-bond acceptors (Lipinski definition) is 6. The number of hydrogen-bond donors (Lipinski definition) is 3. The maximum Gasteiger partial charge on any atom is 0.315 e. The van der Waals surface area contributed by atoms with Gasteiger partial charge in [0.15, 0.2) is 6.29 Å². The molecule has 0 spiro atoms. The largest absolute Gasteiger partial charge is 0.497 e. The molecule has 0 aliphatic carbocycles. The summed E-state index contributed by atoms with van der Waals surface area (Å²) in [4.78, 5) is 39.9. The number of rotatable bonds is 5. The normalized spacial score (nSPS) is 12.3. The van der Waals surface area contributed by atoms with Crippen LogP contribution < -0.4 is 15.4 Å². The molecule has 2 aromatic heterocycles. The molecule has 35 heavy (non-hydrogen) atoms. The van der Waals surface area contributed by atoms with Crippen molar-refractivity contribution >= 4 is 18.2 Å². The minimum absolute atomic E-state index is 0.112. The fraction of sp³-hybridized carbons (Fsp3) is 0.240. The number of ether oxygens (including phenoxy) is 1. The fourth-order valence-electron chi connectivity index (χ4n) is 3.31. The van der Waals surface area contributed by atoms with E-state index in [0.29, 0.717) is 17.5 Å². The first-order chi connectivity index (χ1) is 17.0. The highest BCUT2D eigenvalue weighted by atomic mass is 16.5. The molecule has 180 valence electrons. The van der Waals surface area contributed by atoms with Crippen LogP contribution in [0, 0.1) is 11.8 Å². The summed E-state index contributed by atoms with van der Waals surface area (Å²) in [6, 6.07) is 7.84. The van der Waals surface area contributed by atoms with Crippen molar-refractivity contribution in [3.05, 3.63) is 65.6 Å². The number of aromatic amines is 1. The molecule has 1 atom stereocenters. The predicted octanol–water partition coefficient (Wildman–Crippen LogP) is 1.99. The number of benzene rings is 1. The van der Waals surface area contributed by atoms with Gasteiger partial charge < -0.3 is 20.3 Å². The summed E-state index contributed by atoms with van der Waals surface area (Å²) in [7, 11) is 3.07. The van der Waals surface area contributed by atoms with Gasteiger partial charge in [0.2, 0.25) is 0 Å². The van der Waals surface area contributed by atoms with E-state index in [1.165, 1.54) is 7.05 Å². The number of carbonyl (C=O) groups is 3. The zero-order valence-corrected chi connectivity index (χ0v) is 19.7. The van der Waals surface area contributed by atoms with Crippen LogP contribution in [0.2, 0.25) is 0 Å². The first-order valence-electron chi connectivity index (χ1n) is 10.9. The summed E-state index contributed by atoms with van der Waals surface area (Å²) in [5, 5.41) is 11.3. The van der Waals surface area contributed by atoms with Crippen LogP contribution in [0.15, 0.2) is 48.9 Å². The second-order valence-corrected chi connectivity index (χ2v) is 7.34. The number of fused-ring (bicyclic) bond motifs is 1. The quantitative estimate of drug-likeness (QED) is 0.383. The van der Waals surface area contributed by atoms with E-state index in [9.17, 15) is 14.4 Å². The Morgan fingerprint density at radius 1 is 1.37 bits per heavy atom. The zero-order chi connectivity index (χ0) is 25.2. The molecule has 10 nitrogen and oxygen atoms in total. The van der Waals surface area contributed by atoms with Crippen LogP contribution in [0.4, 0.5) is 4.79 Å². The topological polar surface area (TPSA) is 129 Å². The minimum atomic E-state index is -0.887. The Kier molecular flexibility index (Phi) is 8.56. The maximum absolute atomic E-state index is 11.8. The molecule has 1 unspecified atom stereocenters. The molecule has 1 aliphatic heterocycles.